The van der Waals surface area contributed by atoms with Gasteiger partial charge in [0.15, 0.2) is 0 Å². The molecule has 1 heterocycles. The fourth-order valence-corrected chi connectivity index (χ4v) is 3.28. The van der Waals surface area contributed by atoms with E-state index in [4.69, 9.17) is 11.6 Å². The third kappa shape index (κ3) is 3.93. The summed E-state index contributed by atoms with van der Waals surface area (Å²) in [5, 5.41) is 0.184. The SMILES string of the molecule is O=CC1c2c(Cl)cc(F)cc2CN1Cc1ccc(OC(F)(F)F)cc1. The Morgan fingerprint density at radius 3 is 2.52 bits per heavy atom. The third-order valence-electron chi connectivity index (χ3n) is 3.91. The molecule has 2 aromatic rings. The average Bonchev–Trinajstić information content (AvgIpc) is 2.85. The van der Waals surface area contributed by atoms with Gasteiger partial charge in [-0.2, -0.15) is 0 Å². The van der Waals surface area contributed by atoms with E-state index in [2.05, 4.69) is 4.74 Å². The first-order chi connectivity index (χ1) is 11.8. The zero-order valence-corrected chi connectivity index (χ0v) is 13.4. The van der Waals surface area contributed by atoms with Gasteiger partial charge in [-0.1, -0.05) is 23.7 Å². The second-order valence-corrected chi connectivity index (χ2v) is 6.05. The Balaban J connectivity index is 1.77. The number of nitrogens with zero attached hydrogens (tertiary/aromatic N) is 1. The van der Waals surface area contributed by atoms with Crippen LogP contribution in [0.2, 0.25) is 5.02 Å². The van der Waals surface area contributed by atoms with Crippen LogP contribution in [0.5, 0.6) is 5.75 Å². The highest BCUT2D eigenvalue weighted by atomic mass is 35.5. The zero-order valence-electron chi connectivity index (χ0n) is 12.7. The Morgan fingerprint density at radius 1 is 1.24 bits per heavy atom. The summed E-state index contributed by atoms with van der Waals surface area (Å²) >= 11 is 6.05. The molecule has 0 bridgehead atoms. The van der Waals surface area contributed by atoms with Gasteiger partial charge in [0.2, 0.25) is 0 Å². The molecule has 0 fully saturated rings. The van der Waals surface area contributed by atoms with E-state index in [1.54, 1.807) is 4.90 Å². The minimum atomic E-state index is -4.75. The molecule has 0 aliphatic carbocycles. The molecule has 1 unspecified atom stereocenters. The summed E-state index contributed by atoms with van der Waals surface area (Å²) in [6.45, 7) is 0.610. The van der Waals surface area contributed by atoms with Gasteiger partial charge in [-0.25, -0.2) is 4.39 Å². The van der Waals surface area contributed by atoms with E-state index in [0.717, 1.165) is 12.4 Å². The fourth-order valence-electron chi connectivity index (χ4n) is 2.94. The van der Waals surface area contributed by atoms with Gasteiger partial charge >= 0.3 is 6.36 Å². The molecule has 8 heteroatoms. The predicted octanol–water partition coefficient (Wildman–Crippen LogP) is 4.63. The molecular formula is C17H12ClF4NO2. The number of fused-ring (bicyclic) bond motifs is 1. The molecule has 0 saturated carbocycles. The van der Waals surface area contributed by atoms with Crippen molar-refractivity contribution >= 4 is 17.9 Å². The number of alkyl halides is 3. The highest BCUT2D eigenvalue weighted by molar-refractivity contribution is 6.31. The molecule has 0 saturated heterocycles. The van der Waals surface area contributed by atoms with Gasteiger partial charge in [0.1, 0.15) is 17.9 Å². The lowest BCUT2D eigenvalue weighted by molar-refractivity contribution is -0.274. The number of carbonyl (C=O) groups excluding carboxylic acids is 1. The maximum Gasteiger partial charge on any atom is 0.573 e. The minimum Gasteiger partial charge on any atom is -0.406 e. The molecule has 1 aliphatic heterocycles. The van der Waals surface area contributed by atoms with Gasteiger partial charge in [-0.05, 0) is 41.0 Å². The smallest absolute Gasteiger partial charge is 0.406 e. The number of aldehydes is 1. The highest BCUT2D eigenvalue weighted by Crippen LogP contribution is 2.38. The third-order valence-corrected chi connectivity index (χ3v) is 4.23. The number of hydrogen-bond donors (Lipinski definition) is 0. The summed E-state index contributed by atoms with van der Waals surface area (Å²) in [5.41, 5.74) is 1.87. The number of ether oxygens (including phenoxy) is 1. The lowest BCUT2D eigenvalue weighted by Gasteiger charge is -2.21. The first-order valence-electron chi connectivity index (χ1n) is 7.28. The van der Waals surface area contributed by atoms with Crippen LogP contribution in [0, 0.1) is 5.82 Å². The normalized spacial score (nSPS) is 17.4. The Bertz CT molecular complexity index is 792. The van der Waals surface area contributed by atoms with E-state index in [0.29, 0.717) is 29.8 Å². The van der Waals surface area contributed by atoms with Crippen LogP contribution in [0.3, 0.4) is 0 Å². The van der Waals surface area contributed by atoms with E-state index < -0.39 is 18.2 Å². The van der Waals surface area contributed by atoms with Crippen LogP contribution >= 0.6 is 11.6 Å². The summed E-state index contributed by atoms with van der Waals surface area (Å²) in [6.07, 6.45) is -4.03. The van der Waals surface area contributed by atoms with E-state index in [-0.39, 0.29) is 10.8 Å². The lowest BCUT2D eigenvalue weighted by Crippen LogP contribution is -2.22. The Morgan fingerprint density at radius 2 is 1.92 bits per heavy atom. The topological polar surface area (TPSA) is 29.5 Å². The van der Waals surface area contributed by atoms with Gasteiger partial charge in [-0.3, -0.25) is 4.90 Å². The molecule has 0 amide bonds. The van der Waals surface area contributed by atoms with Gasteiger partial charge < -0.3 is 9.53 Å². The number of hydrogen-bond acceptors (Lipinski definition) is 3. The van der Waals surface area contributed by atoms with E-state index in [9.17, 15) is 22.4 Å². The van der Waals surface area contributed by atoms with E-state index >= 15 is 0 Å². The van der Waals surface area contributed by atoms with Crippen molar-refractivity contribution in [2.24, 2.45) is 0 Å². The quantitative estimate of drug-likeness (QED) is 0.578. The van der Waals surface area contributed by atoms with Crippen LogP contribution in [-0.4, -0.2) is 17.5 Å². The molecule has 0 radical (unpaired) electrons. The molecule has 0 spiro atoms. The van der Waals surface area contributed by atoms with Gasteiger partial charge in [0.05, 0.1) is 6.04 Å². The standard InChI is InChI=1S/C17H12ClF4NO2/c18-14-6-12(19)5-11-8-23(15(9-24)16(11)14)7-10-1-3-13(4-2-10)25-17(20,21)22/h1-6,9,15H,7-8H2. The van der Waals surface area contributed by atoms with Crippen LogP contribution < -0.4 is 4.74 Å². The molecule has 0 aromatic heterocycles. The second kappa shape index (κ2) is 6.65. The Hall–Kier alpha value is -2.12. The van der Waals surface area contributed by atoms with Crippen molar-refractivity contribution in [2.45, 2.75) is 25.5 Å². The predicted molar refractivity (Wildman–Crippen MR) is 82.6 cm³/mol. The van der Waals surface area contributed by atoms with Crippen molar-refractivity contribution in [1.29, 1.82) is 0 Å². The number of carbonyl (C=O) groups is 1. The lowest BCUT2D eigenvalue weighted by atomic mass is 10.1. The maximum absolute atomic E-state index is 13.5. The summed E-state index contributed by atoms with van der Waals surface area (Å²) in [6, 6.07) is 7.22. The Kier molecular flexibility index (Phi) is 4.71. The molecule has 2 aromatic carbocycles. The van der Waals surface area contributed by atoms with Crippen molar-refractivity contribution < 1.29 is 27.1 Å². The highest BCUT2D eigenvalue weighted by Gasteiger charge is 2.33. The first-order valence-corrected chi connectivity index (χ1v) is 7.66. The maximum atomic E-state index is 13.5. The molecule has 3 rings (SSSR count). The zero-order chi connectivity index (χ0) is 18.2. The molecule has 1 aliphatic rings. The largest absolute Gasteiger partial charge is 0.573 e. The molecule has 132 valence electrons. The molecule has 1 atom stereocenters. The van der Waals surface area contributed by atoms with Crippen LogP contribution in [0.4, 0.5) is 17.6 Å². The minimum absolute atomic E-state index is 0.184. The van der Waals surface area contributed by atoms with Gasteiger partial charge in [0.25, 0.3) is 0 Å². The number of benzene rings is 2. The summed E-state index contributed by atoms with van der Waals surface area (Å²) < 4.78 is 53.8. The van der Waals surface area contributed by atoms with Crippen LogP contribution in [0.15, 0.2) is 36.4 Å². The number of halogens is 5. The van der Waals surface area contributed by atoms with E-state index in [1.165, 1.54) is 30.3 Å². The monoisotopic (exact) mass is 373 g/mol. The van der Waals surface area contributed by atoms with Crippen molar-refractivity contribution in [3.05, 3.63) is 63.9 Å². The van der Waals surface area contributed by atoms with Crippen molar-refractivity contribution in [3.8, 4) is 5.75 Å². The van der Waals surface area contributed by atoms with Gasteiger partial charge in [0, 0.05) is 18.1 Å². The van der Waals surface area contributed by atoms with Crippen LogP contribution in [0.1, 0.15) is 22.7 Å². The molecule has 3 nitrogen and oxygen atoms in total. The van der Waals surface area contributed by atoms with Crippen LogP contribution in [-0.2, 0) is 17.9 Å². The van der Waals surface area contributed by atoms with E-state index in [1.807, 2.05) is 0 Å². The van der Waals surface area contributed by atoms with Crippen LogP contribution in [0.25, 0.3) is 0 Å². The summed E-state index contributed by atoms with van der Waals surface area (Å²) in [4.78, 5) is 13.2. The van der Waals surface area contributed by atoms with Crippen molar-refractivity contribution in [1.82, 2.24) is 4.90 Å². The van der Waals surface area contributed by atoms with Gasteiger partial charge in [-0.15, -0.1) is 13.2 Å². The van der Waals surface area contributed by atoms with Crippen molar-refractivity contribution in [2.75, 3.05) is 0 Å². The first kappa shape index (κ1) is 17.7. The average molecular weight is 374 g/mol. The molecule has 25 heavy (non-hydrogen) atoms. The molecular weight excluding hydrogens is 362 g/mol. The fraction of sp³-hybridized carbons (Fsp3) is 0.235. The number of rotatable bonds is 4. The van der Waals surface area contributed by atoms with Crippen molar-refractivity contribution in [3.63, 3.8) is 0 Å². The second-order valence-electron chi connectivity index (χ2n) is 5.64. The Labute approximate surface area is 145 Å². The summed E-state index contributed by atoms with van der Waals surface area (Å²) in [7, 11) is 0. The summed E-state index contributed by atoms with van der Waals surface area (Å²) in [5.74, 6) is -0.804. The molecule has 0 N–H and O–H groups in total.